The molecule has 0 saturated carbocycles. The third kappa shape index (κ3) is 2.18. The van der Waals surface area contributed by atoms with Crippen molar-refractivity contribution in [1.29, 1.82) is 0 Å². The Balaban J connectivity index is 2.46. The predicted octanol–water partition coefficient (Wildman–Crippen LogP) is 3.41. The second-order valence-electron chi connectivity index (χ2n) is 4.06. The van der Waals surface area contributed by atoms with Crippen molar-refractivity contribution in [2.45, 2.75) is 19.8 Å². The normalized spacial score (nSPS) is 11.2. The van der Waals surface area contributed by atoms with Gasteiger partial charge in [-0.2, -0.15) is 5.10 Å². The van der Waals surface area contributed by atoms with Gasteiger partial charge in [-0.1, -0.05) is 13.8 Å². The lowest BCUT2D eigenvalue weighted by atomic mass is 10.1. The quantitative estimate of drug-likeness (QED) is 0.735. The van der Waals surface area contributed by atoms with Crippen LogP contribution in [0.4, 0.5) is 13.2 Å². The summed E-state index contributed by atoms with van der Waals surface area (Å²) in [5, 5.41) is 4.15. The summed E-state index contributed by atoms with van der Waals surface area (Å²) in [7, 11) is 0. The molecule has 0 bridgehead atoms. The molecule has 0 fully saturated rings. The van der Waals surface area contributed by atoms with Crippen molar-refractivity contribution in [3.8, 4) is 5.69 Å². The molecule has 90 valence electrons. The fraction of sp³-hybridized carbons (Fsp3) is 0.250. The van der Waals surface area contributed by atoms with Crippen molar-refractivity contribution >= 4 is 0 Å². The van der Waals surface area contributed by atoms with Gasteiger partial charge >= 0.3 is 0 Å². The molecular formula is C12H11F3N2. The number of benzene rings is 1. The molecule has 1 aromatic heterocycles. The second kappa shape index (κ2) is 4.24. The zero-order valence-corrected chi connectivity index (χ0v) is 9.42. The Hall–Kier alpha value is -1.78. The predicted molar refractivity (Wildman–Crippen MR) is 57.5 cm³/mol. The van der Waals surface area contributed by atoms with Gasteiger partial charge in [-0.15, -0.1) is 0 Å². The van der Waals surface area contributed by atoms with Crippen molar-refractivity contribution in [2.24, 2.45) is 0 Å². The smallest absolute Gasteiger partial charge is 0.194 e. The first kappa shape index (κ1) is 11.7. The second-order valence-corrected chi connectivity index (χ2v) is 4.06. The molecule has 17 heavy (non-hydrogen) atoms. The summed E-state index contributed by atoms with van der Waals surface area (Å²) in [5.74, 6) is -3.69. The Kier molecular flexibility index (Phi) is 2.92. The standard InChI is InChI=1S/C12H11F3N2/c1-7(2)11-3-4-17(16-11)8-5-9(13)12(15)10(14)6-8/h3-7H,1-2H3. The van der Waals surface area contributed by atoms with Crippen LogP contribution < -0.4 is 0 Å². The van der Waals surface area contributed by atoms with Crippen LogP contribution in [0.3, 0.4) is 0 Å². The zero-order chi connectivity index (χ0) is 12.6. The molecule has 0 saturated heterocycles. The maximum absolute atomic E-state index is 13.0. The summed E-state index contributed by atoms with van der Waals surface area (Å²) in [4.78, 5) is 0. The van der Waals surface area contributed by atoms with Crippen LogP contribution in [0.25, 0.3) is 5.69 Å². The Labute approximate surface area is 96.7 Å². The van der Waals surface area contributed by atoms with E-state index in [1.807, 2.05) is 13.8 Å². The molecule has 0 unspecified atom stereocenters. The first-order chi connectivity index (χ1) is 7.99. The molecule has 0 aliphatic carbocycles. The minimum Gasteiger partial charge on any atom is -0.240 e. The molecule has 2 rings (SSSR count). The summed E-state index contributed by atoms with van der Waals surface area (Å²) >= 11 is 0. The van der Waals surface area contributed by atoms with Gasteiger partial charge < -0.3 is 0 Å². The van der Waals surface area contributed by atoms with Gasteiger partial charge in [0.25, 0.3) is 0 Å². The van der Waals surface area contributed by atoms with Crippen molar-refractivity contribution in [3.05, 3.63) is 47.5 Å². The highest BCUT2D eigenvalue weighted by Crippen LogP contribution is 2.18. The molecule has 0 radical (unpaired) electrons. The molecule has 0 spiro atoms. The highest BCUT2D eigenvalue weighted by Gasteiger charge is 2.12. The van der Waals surface area contributed by atoms with Crippen LogP contribution in [0.1, 0.15) is 25.5 Å². The van der Waals surface area contributed by atoms with Gasteiger partial charge in [-0.25, -0.2) is 17.9 Å². The average molecular weight is 240 g/mol. The summed E-state index contributed by atoms with van der Waals surface area (Å²) in [6.07, 6.45) is 1.58. The molecule has 0 amide bonds. The van der Waals surface area contributed by atoms with Crippen LogP contribution in [0.15, 0.2) is 24.4 Å². The minimum atomic E-state index is -1.47. The van der Waals surface area contributed by atoms with E-state index >= 15 is 0 Å². The Morgan fingerprint density at radius 1 is 1.12 bits per heavy atom. The van der Waals surface area contributed by atoms with Crippen LogP contribution >= 0.6 is 0 Å². The molecule has 0 aliphatic heterocycles. The van der Waals surface area contributed by atoms with E-state index in [0.29, 0.717) is 0 Å². The van der Waals surface area contributed by atoms with E-state index in [4.69, 9.17) is 0 Å². The minimum absolute atomic E-state index is 0.160. The van der Waals surface area contributed by atoms with E-state index in [1.54, 1.807) is 12.3 Å². The Morgan fingerprint density at radius 2 is 1.71 bits per heavy atom. The molecular weight excluding hydrogens is 229 g/mol. The number of hydrogen-bond acceptors (Lipinski definition) is 1. The molecule has 1 heterocycles. The third-order valence-corrected chi connectivity index (χ3v) is 2.43. The van der Waals surface area contributed by atoms with Crippen LogP contribution in [0.5, 0.6) is 0 Å². The number of rotatable bonds is 2. The maximum atomic E-state index is 13.0. The molecule has 1 aromatic carbocycles. The van der Waals surface area contributed by atoms with Gasteiger partial charge in [-0.3, -0.25) is 0 Å². The summed E-state index contributed by atoms with van der Waals surface area (Å²) < 4.78 is 40.2. The van der Waals surface area contributed by atoms with E-state index in [9.17, 15) is 13.2 Å². The molecule has 2 aromatic rings. The van der Waals surface area contributed by atoms with E-state index in [-0.39, 0.29) is 11.6 Å². The Morgan fingerprint density at radius 3 is 2.18 bits per heavy atom. The maximum Gasteiger partial charge on any atom is 0.194 e. The van der Waals surface area contributed by atoms with Crippen LogP contribution in [-0.4, -0.2) is 9.78 Å². The SMILES string of the molecule is CC(C)c1ccn(-c2cc(F)c(F)c(F)c2)n1. The summed E-state index contributed by atoms with van der Waals surface area (Å²) in [6, 6.07) is 3.58. The largest absolute Gasteiger partial charge is 0.240 e. The van der Waals surface area contributed by atoms with Crippen molar-refractivity contribution in [2.75, 3.05) is 0 Å². The van der Waals surface area contributed by atoms with E-state index < -0.39 is 17.5 Å². The number of hydrogen-bond donors (Lipinski definition) is 0. The fourth-order valence-corrected chi connectivity index (χ4v) is 1.46. The third-order valence-electron chi connectivity index (χ3n) is 2.43. The van der Waals surface area contributed by atoms with Gasteiger partial charge in [0.05, 0.1) is 11.4 Å². The first-order valence-electron chi connectivity index (χ1n) is 5.19. The fourth-order valence-electron chi connectivity index (χ4n) is 1.46. The highest BCUT2D eigenvalue weighted by atomic mass is 19.2. The van der Waals surface area contributed by atoms with E-state index in [2.05, 4.69) is 5.10 Å². The van der Waals surface area contributed by atoms with Crippen LogP contribution in [0, 0.1) is 17.5 Å². The van der Waals surface area contributed by atoms with Crippen LogP contribution in [-0.2, 0) is 0 Å². The van der Waals surface area contributed by atoms with Crippen molar-refractivity contribution < 1.29 is 13.2 Å². The highest BCUT2D eigenvalue weighted by molar-refractivity contribution is 5.33. The summed E-state index contributed by atoms with van der Waals surface area (Å²) in [5.41, 5.74) is 0.962. The number of aromatic nitrogens is 2. The average Bonchev–Trinajstić information content (AvgIpc) is 2.74. The van der Waals surface area contributed by atoms with E-state index in [0.717, 1.165) is 17.8 Å². The lowest BCUT2D eigenvalue weighted by Gasteiger charge is -2.04. The van der Waals surface area contributed by atoms with Gasteiger partial charge in [0, 0.05) is 18.3 Å². The molecule has 0 atom stereocenters. The molecule has 0 N–H and O–H groups in total. The van der Waals surface area contributed by atoms with Gasteiger partial charge in [0.2, 0.25) is 0 Å². The lowest BCUT2D eigenvalue weighted by Crippen LogP contribution is -2.01. The topological polar surface area (TPSA) is 17.8 Å². The first-order valence-corrected chi connectivity index (χ1v) is 5.19. The van der Waals surface area contributed by atoms with E-state index in [1.165, 1.54) is 4.68 Å². The van der Waals surface area contributed by atoms with Crippen LogP contribution in [0.2, 0.25) is 0 Å². The van der Waals surface area contributed by atoms with Gasteiger partial charge in [0.1, 0.15) is 0 Å². The monoisotopic (exact) mass is 240 g/mol. The lowest BCUT2D eigenvalue weighted by molar-refractivity contribution is 0.446. The Bertz CT molecular complexity index is 523. The van der Waals surface area contributed by atoms with Crippen molar-refractivity contribution in [3.63, 3.8) is 0 Å². The van der Waals surface area contributed by atoms with Crippen molar-refractivity contribution in [1.82, 2.24) is 9.78 Å². The molecule has 5 heteroatoms. The number of halogens is 3. The van der Waals surface area contributed by atoms with Gasteiger partial charge in [-0.05, 0) is 12.0 Å². The summed E-state index contributed by atoms with van der Waals surface area (Å²) in [6.45, 7) is 3.91. The molecule has 0 aliphatic rings. The number of nitrogens with zero attached hydrogens (tertiary/aromatic N) is 2. The molecule has 2 nitrogen and oxygen atoms in total. The zero-order valence-electron chi connectivity index (χ0n) is 9.42. The van der Waals surface area contributed by atoms with Gasteiger partial charge in [0.15, 0.2) is 17.5 Å².